The number of pyridine rings is 1. The van der Waals surface area contributed by atoms with Crippen molar-refractivity contribution in [2.75, 3.05) is 12.4 Å². The highest BCUT2D eigenvalue weighted by molar-refractivity contribution is 9.10. The molecule has 2 atom stereocenters. The molecule has 1 N–H and O–H groups in total. The highest BCUT2D eigenvalue weighted by Crippen LogP contribution is 2.32. The summed E-state index contributed by atoms with van der Waals surface area (Å²) in [6.45, 7) is 0.497. The number of aromatic nitrogens is 1. The van der Waals surface area contributed by atoms with Crippen LogP contribution in [0, 0.1) is 5.92 Å². The van der Waals surface area contributed by atoms with E-state index in [0.717, 1.165) is 10.0 Å². The van der Waals surface area contributed by atoms with Gasteiger partial charge < -0.3 is 4.74 Å². The van der Waals surface area contributed by atoms with E-state index in [1.807, 2.05) is 6.07 Å². The van der Waals surface area contributed by atoms with Crippen LogP contribution in [0.25, 0.3) is 0 Å². The summed E-state index contributed by atoms with van der Waals surface area (Å²) in [6.07, 6.45) is 4.47. The van der Waals surface area contributed by atoms with Gasteiger partial charge in [0.05, 0.1) is 11.9 Å². The first-order valence-electron chi connectivity index (χ1n) is 5.61. The van der Waals surface area contributed by atoms with Crippen molar-refractivity contribution in [3.8, 4) is 0 Å². The third-order valence-electron chi connectivity index (χ3n) is 2.94. The van der Waals surface area contributed by atoms with Crippen LogP contribution < -0.4 is 0 Å². The average Bonchev–Trinajstić information content (AvgIpc) is 2.27. The van der Waals surface area contributed by atoms with E-state index in [9.17, 15) is 8.42 Å². The lowest BCUT2D eigenvalue weighted by Crippen LogP contribution is -2.25. The van der Waals surface area contributed by atoms with Gasteiger partial charge in [-0.15, -0.1) is 0 Å². The predicted molar refractivity (Wildman–Crippen MR) is 69.8 cm³/mol. The summed E-state index contributed by atoms with van der Waals surface area (Å²) < 4.78 is 37.2. The minimum Gasteiger partial charge on any atom is -0.373 e. The highest BCUT2D eigenvalue weighted by Gasteiger charge is 2.27. The molecule has 5 nitrogen and oxygen atoms in total. The van der Waals surface area contributed by atoms with Crippen LogP contribution in [0.5, 0.6) is 0 Å². The van der Waals surface area contributed by atoms with Crippen LogP contribution >= 0.6 is 15.9 Å². The van der Waals surface area contributed by atoms with Crippen LogP contribution in [0.3, 0.4) is 0 Å². The van der Waals surface area contributed by atoms with Gasteiger partial charge in [0.1, 0.15) is 0 Å². The Morgan fingerprint density at radius 2 is 2.28 bits per heavy atom. The second-order valence-electron chi connectivity index (χ2n) is 4.43. The molecule has 0 spiro atoms. The summed E-state index contributed by atoms with van der Waals surface area (Å²) in [4.78, 5) is 4.06. The van der Waals surface area contributed by atoms with E-state index in [4.69, 9.17) is 9.29 Å². The molecule has 1 aromatic heterocycles. The lowest BCUT2D eigenvalue weighted by molar-refractivity contribution is -0.00609. The van der Waals surface area contributed by atoms with Crippen molar-refractivity contribution in [2.24, 2.45) is 5.92 Å². The Labute approximate surface area is 114 Å². The molecule has 0 radical (unpaired) electrons. The molecule has 7 heteroatoms. The molecule has 2 rings (SSSR count). The Bertz CT molecular complexity index is 520. The molecule has 1 fully saturated rings. The Balaban J connectivity index is 2.07. The van der Waals surface area contributed by atoms with Crippen LogP contribution in [-0.2, 0) is 14.9 Å². The van der Waals surface area contributed by atoms with Gasteiger partial charge in [0, 0.05) is 29.0 Å². The van der Waals surface area contributed by atoms with Gasteiger partial charge in [-0.1, -0.05) is 0 Å². The van der Waals surface area contributed by atoms with E-state index in [0.29, 0.717) is 19.4 Å². The molecule has 100 valence electrons. The van der Waals surface area contributed by atoms with Crippen molar-refractivity contribution in [3.05, 3.63) is 28.5 Å². The van der Waals surface area contributed by atoms with E-state index in [1.54, 1.807) is 12.4 Å². The Hall–Kier alpha value is -0.500. The SMILES string of the molecule is O=S(=O)(O)CC1CCOC(c2cncc(Br)c2)C1. The van der Waals surface area contributed by atoms with Crippen molar-refractivity contribution in [1.29, 1.82) is 0 Å². The van der Waals surface area contributed by atoms with Crippen LogP contribution in [0.1, 0.15) is 24.5 Å². The maximum absolute atomic E-state index is 10.9. The quantitative estimate of drug-likeness (QED) is 0.857. The van der Waals surface area contributed by atoms with Gasteiger partial charge in [-0.2, -0.15) is 8.42 Å². The number of rotatable bonds is 3. The molecule has 18 heavy (non-hydrogen) atoms. The Kier molecular flexibility index (Phi) is 4.37. The van der Waals surface area contributed by atoms with Gasteiger partial charge in [-0.05, 0) is 40.8 Å². The van der Waals surface area contributed by atoms with E-state index in [1.165, 1.54) is 0 Å². The fraction of sp³-hybridized carbons (Fsp3) is 0.545. The van der Waals surface area contributed by atoms with Gasteiger partial charge in [0.25, 0.3) is 10.1 Å². The average molecular weight is 336 g/mol. The summed E-state index contributed by atoms with van der Waals surface area (Å²) in [5.74, 6) is -0.272. The van der Waals surface area contributed by atoms with Crippen LogP contribution in [0.4, 0.5) is 0 Å². The molecule has 1 saturated heterocycles. The van der Waals surface area contributed by atoms with E-state index in [-0.39, 0.29) is 17.8 Å². The Morgan fingerprint density at radius 1 is 1.50 bits per heavy atom. The van der Waals surface area contributed by atoms with Crippen LogP contribution in [0.15, 0.2) is 22.9 Å². The molecule has 0 aliphatic carbocycles. The summed E-state index contributed by atoms with van der Waals surface area (Å²) >= 11 is 3.34. The monoisotopic (exact) mass is 335 g/mol. The second-order valence-corrected chi connectivity index (χ2v) is 6.85. The van der Waals surface area contributed by atoms with Crippen molar-refractivity contribution >= 4 is 26.0 Å². The zero-order chi connectivity index (χ0) is 13.2. The molecular weight excluding hydrogens is 322 g/mol. The number of nitrogens with zero attached hydrogens (tertiary/aromatic N) is 1. The maximum Gasteiger partial charge on any atom is 0.265 e. The normalized spacial score (nSPS) is 25.0. The smallest absolute Gasteiger partial charge is 0.265 e. The van der Waals surface area contributed by atoms with Gasteiger partial charge in [0.15, 0.2) is 0 Å². The lowest BCUT2D eigenvalue weighted by Gasteiger charge is -2.29. The molecule has 2 heterocycles. The fourth-order valence-corrected chi connectivity index (χ4v) is 3.43. The van der Waals surface area contributed by atoms with Crippen LogP contribution in [-0.4, -0.2) is 30.3 Å². The van der Waals surface area contributed by atoms with E-state index < -0.39 is 10.1 Å². The molecule has 0 bridgehead atoms. The molecule has 0 saturated carbocycles. The lowest BCUT2D eigenvalue weighted by atomic mass is 9.94. The maximum atomic E-state index is 10.9. The van der Waals surface area contributed by atoms with Crippen LogP contribution in [0.2, 0.25) is 0 Å². The zero-order valence-corrected chi connectivity index (χ0v) is 12.0. The Morgan fingerprint density at radius 3 is 2.94 bits per heavy atom. The highest BCUT2D eigenvalue weighted by atomic mass is 79.9. The van der Waals surface area contributed by atoms with Crippen molar-refractivity contribution in [1.82, 2.24) is 4.98 Å². The molecule has 1 aromatic rings. The summed E-state index contributed by atoms with van der Waals surface area (Å²) in [5.41, 5.74) is 0.921. The van der Waals surface area contributed by atoms with Gasteiger partial charge in [0.2, 0.25) is 0 Å². The third-order valence-corrected chi connectivity index (χ3v) is 4.26. The topological polar surface area (TPSA) is 76.5 Å². The largest absolute Gasteiger partial charge is 0.373 e. The fourth-order valence-electron chi connectivity index (χ4n) is 2.15. The molecule has 1 aliphatic rings. The predicted octanol–water partition coefficient (Wildman–Crippen LogP) is 2.20. The van der Waals surface area contributed by atoms with Crippen molar-refractivity contribution < 1.29 is 17.7 Å². The standard InChI is InChI=1S/C11H14BrNO4S/c12-10-4-9(5-13-6-10)11-3-8(1-2-17-11)7-18(14,15)16/h4-6,8,11H,1-3,7H2,(H,14,15,16). The van der Waals surface area contributed by atoms with Crippen molar-refractivity contribution in [3.63, 3.8) is 0 Å². The van der Waals surface area contributed by atoms with E-state index in [2.05, 4.69) is 20.9 Å². The number of hydrogen-bond acceptors (Lipinski definition) is 4. The molecule has 0 aromatic carbocycles. The molecule has 1 aliphatic heterocycles. The summed E-state index contributed by atoms with van der Waals surface area (Å²) in [7, 11) is -3.92. The van der Waals surface area contributed by atoms with E-state index >= 15 is 0 Å². The number of hydrogen-bond donors (Lipinski definition) is 1. The third kappa shape index (κ3) is 4.01. The van der Waals surface area contributed by atoms with Crippen molar-refractivity contribution in [2.45, 2.75) is 18.9 Å². The number of halogens is 1. The first kappa shape index (κ1) is 13.9. The number of ether oxygens (including phenoxy) is 1. The first-order valence-corrected chi connectivity index (χ1v) is 8.01. The second kappa shape index (κ2) is 5.64. The first-order chi connectivity index (χ1) is 8.44. The minimum atomic E-state index is -3.92. The molecule has 2 unspecified atom stereocenters. The molecular formula is C11H14BrNO4S. The van der Waals surface area contributed by atoms with Gasteiger partial charge in [-0.25, -0.2) is 0 Å². The summed E-state index contributed by atoms with van der Waals surface area (Å²) in [6, 6.07) is 1.91. The van der Waals surface area contributed by atoms with Gasteiger partial charge >= 0.3 is 0 Å². The molecule has 0 amide bonds. The summed E-state index contributed by atoms with van der Waals surface area (Å²) in [5, 5.41) is 0. The minimum absolute atomic E-state index is 0.0715. The van der Waals surface area contributed by atoms with Gasteiger partial charge in [-0.3, -0.25) is 9.54 Å². The zero-order valence-electron chi connectivity index (χ0n) is 9.62.